The zero-order valence-electron chi connectivity index (χ0n) is 16.9. The second-order valence-electron chi connectivity index (χ2n) is 8.25. The molecule has 0 saturated carbocycles. The highest BCUT2D eigenvalue weighted by atomic mass is 16.6. The third-order valence-electron chi connectivity index (χ3n) is 4.90. The molecule has 1 aliphatic rings. The molecule has 0 spiro atoms. The average molecular weight is 383 g/mol. The number of carbonyl (C=O) groups excluding carboxylic acids is 1. The molecule has 1 saturated heterocycles. The third kappa shape index (κ3) is 5.04. The highest BCUT2D eigenvalue weighted by Gasteiger charge is 2.27. The molecule has 5 nitrogen and oxygen atoms in total. The number of ether oxygens (including phenoxy) is 1. The first-order chi connectivity index (χ1) is 13.4. The molecule has 1 aliphatic heterocycles. The number of rotatable bonds is 4. The lowest BCUT2D eigenvalue weighted by molar-refractivity contribution is 0.0210. The van der Waals surface area contributed by atoms with Crippen molar-refractivity contribution >= 4 is 11.8 Å². The Bertz CT molecular complexity index is 791. The van der Waals surface area contributed by atoms with Gasteiger partial charge in [0.2, 0.25) is 0 Å². The Balaban J connectivity index is 1.71. The molecule has 5 heteroatoms. The molecule has 0 aliphatic carbocycles. The lowest BCUT2D eigenvalue weighted by atomic mass is 9.98. The molecule has 28 heavy (non-hydrogen) atoms. The number of benzene rings is 2. The first kappa shape index (κ1) is 20.2. The molecule has 1 amide bonds. The summed E-state index contributed by atoms with van der Waals surface area (Å²) in [5.41, 5.74) is 3.59. The van der Waals surface area contributed by atoms with Gasteiger partial charge in [-0.1, -0.05) is 48.5 Å². The Morgan fingerprint density at radius 3 is 2.39 bits per heavy atom. The number of nitrogens with one attached hydrogen (secondary N) is 1. The molecular weight excluding hydrogens is 352 g/mol. The molecule has 3 rings (SSSR count). The summed E-state index contributed by atoms with van der Waals surface area (Å²) in [6.07, 6.45) is 1.44. The quantitative estimate of drug-likeness (QED) is 0.807. The fourth-order valence-electron chi connectivity index (χ4n) is 3.50. The molecule has 0 aromatic heterocycles. The molecule has 2 aromatic rings. The molecule has 0 atom stereocenters. The lowest BCUT2D eigenvalue weighted by Gasteiger charge is -2.34. The number of carbonyl (C=O) groups is 1. The second-order valence-corrected chi connectivity index (χ2v) is 8.25. The van der Waals surface area contributed by atoms with E-state index in [4.69, 9.17) is 4.74 Å². The van der Waals surface area contributed by atoms with E-state index in [-0.39, 0.29) is 18.7 Å². The van der Waals surface area contributed by atoms with E-state index >= 15 is 0 Å². The Labute approximate surface area is 167 Å². The van der Waals surface area contributed by atoms with Gasteiger partial charge in [-0.05, 0) is 39.2 Å². The maximum Gasteiger partial charge on any atom is 0.410 e. The van der Waals surface area contributed by atoms with Crippen LogP contribution in [-0.4, -0.2) is 40.8 Å². The summed E-state index contributed by atoms with van der Waals surface area (Å²) in [6.45, 7) is 6.96. The number of aliphatic hydroxyl groups excluding tert-OH is 1. The summed E-state index contributed by atoms with van der Waals surface area (Å²) in [4.78, 5) is 14.0. The van der Waals surface area contributed by atoms with E-state index in [1.54, 1.807) is 4.90 Å². The molecular formula is C23H30N2O3. The van der Waals surface area contributed by atoms with Crippen molar-refractivity contribution in [3.05, 3.63) is 54.1 Å². The van der Waals surface area contributed by atoms with Crippen LogP contribution >= 0.6 is 0 Å². The number of anilines is 1. The van der Waals surface area contributed by atoms with Crippen LogP contribution in [0.5, 0.6) is 0 Å². The summed E-state index contributed by atoms with van der Waals surface area (Å²) in [5, 5.41) is 13.5. The maximum absolute atomic E-state index is 12.3. The largest absolute Gasteiger partial charge is 0.444 e. The maximum atomic E-state index is 12.3. The van der Waals surface area contributed by atoms with E-state index < -0.39 is 5.60 Å². The van der Waals surface area contributed by atoms with Crippen molar-refractivity contribution in [2.45, 2.75) is 51.9 Å². The summed E-state index contributed by atoms with van der Waals surface area (Å²) in [6, 6.07) is 16.4. The van der Waals surface area contributed by atoms with Crippen LogP contribution in [0.25, 0.3) is 11.1 Å². The molecule has 1 fully saturated rings. The number of hydrogen-bond acceptors (Lipinski definition) is 4. The van der Waals surface area contributed by atoms with Gasteiger partial charge in [0.25, 0.3) is 0 Å². The average Bonchev–Trinajstić information content (AvgIpc) is 2.68. The first-order valence-electron chi connectivity index (χ1n) is 9.90. The minimum absolute atomic E-state index is 0.0141. The van der Waals surface area contributed by atoms with Gasteiger partial charge in [-0.3, -0.25) is 0 Å². The van der Waals surface area contributed by atoms with Crippen molar-refractivity contribution in [1.29, 1.82) is 0 Å². The summed E-state index contributed by atoms with van der Waals surface area (Å²) in [5.74, 6) is 0. The van der Waals surface area contributed by atoms with Crippen LogP contribution in [0.2, 0.25) is 0 Å². The SMILES string of the molecule is CC(C)(C)OC(=O)N1CCC(Nc2c(CO)cccc2-c2ccccc2)CC1. The van der Waals surface area contributed by atoms with E-state index in [2.05, 4.69) is 23.5 Å². The van der Waals surface area contributed by atoms with Crippen LogP contribution in [0.4, 0.5) is 10.5 Å². The number of nitrogens with zero attached hydrogens (tertiary/aromatic N) is 1. The smallest absolute Gasteiger partial charge is 0.410 e. The minimum atomic E-state index is -0.475. The van der Waals surface area contributed by atoms with Crippen LogP contribution < -0.4 is 5.32 Å². The number of likely N-dealkylation sites (tertiary alicyclic amines) is 1. The van der Waals surface area contributed by atoms with E-state index in [1.165, 1.54) is 0 Å². The summed E-state index contributed by atoms with van der Waals surface area (Å²) < 4.78 is 5.48. The molecule has 0 unspecified atom stereocenters. The van der Waals surface area contributed by atoms with Gasteiger partial charge in [-0.25, -0.2) is 4.79 Å². The van der Waals surface area contributed by atoms with E-state index in [9.17, 15) is 9.90 Å². The van der Waals surface area contributed by atoms with Crippen LogP contribution in [-0.2, 0) is 11.3 Å². The zero-order chi connectivity index (χ0) is 20.1. The number of aliphatic hydroxyl groups is 1. The predicted molar refractivity (Wildman–Crippen MR) is 112 cm³/mol. The summed E-state index contributed by atoms with van der Waals surface area (Å²) in [7, 11) is 0. The third-order valence-corrected chi connectivity index (χ3v) is 4.90. The van der Waals surface area contributed by atoms with Gasteiger partial charge in [-0.2, -0.15) is 0 Å². The zero-order valence-corrected chi connectivity index (χ0v) is 16.9. The van der Waals surface area contributed by atoms with Crippen LogP contribution in [0.3, 0.4) is 0 Å². The van der Waals surface area contributed by atoms with Crippen molar-refractivity contribution < 1.29 is 14.6 Å². The topological polar surface area (TPSA) is 61.8 Å². The van der Waals surface area contributed by atoms with Crippen molar-refractivity contribution in [3.63, 3.8) is 0 Å². The van der Waals surface area contributed by atoms with Gasteiger partial charge in [-0.15, -0.1) is 0 Å². The monoisotopic (exact) mass is 382 g/mol. The number of piperidine rings is 1. The standard InChI is InChI=1S/C23H30N2O3/c1-23(2,3)28-22(27)25-14-12-19(13-15-25)24-21-18(16-26)10-7-11-20(21)17-8-5-4-6-9-17/h4-11,19,24,26H,12-16H2,1-3H3. The molecule has 2 aromatic carbocycles. The fraction of sp³-hybridized carbons (Fsp3) is 0.435. The Morgan fingerprint density at radius 2 is 1.79 bits per heavy atom. The number of amides is 1. The van der Waals surface area contributed by atoms with Gasteiger partial charge in [0.05, 0.1) is 6.61 Å². The molecule has 0 radical (unpaired) electrons. The van der Waals surface area contributed by atoms with Gasteiger partial charge in [0.15, 0.2) is 0 Å². The number of hydrogen-bond donors (Lipinski definition) is 2. The van der Waals surface area contributed by atoms with Gasteiger partial charge < -0.3 is 20.1 Å². The van der Waals surface area contributed by atoms with Crippen molar-refractivity contribution in [1.82, 2.24) is 4.90 Å². The Hall–Kier alpha value is -2.53. The van der Waals surface area contributed by atoms with E-state index in [0.29, 0.717) is 13.1 Å². The lowest BCUT2D eigenvalue weighted by Crippen LogP contribution is -2.44. The van der Waals surface area contributed by atoms with E-state index in [0.717, 1.165) is 35.2 Å². The van der Waals surface area contributed by atoms with Gasteiger partial charge in [0, 0.05) is 35.9 Å². The first-order valence-corrected chi connectivity index (χ1v) is 9.90. The van der Waals surface area contributed by atoms with Crippen LogP contribution in [0.1, 0.15) is 39.2 Å². The molecule has 1 heterocycles. The van der Waals surface area contributed by atoms with Gasteiger partial charge in [0.1, 0.15) is 5.60 Å². The molecule has 150 valence electrons. The highest BCUT2D eigenvalue weighted by Crippen LogP contribution is 2.33. The molecule has 0 bridgehead atoms. The normalized spacial score (nSPS) is 15.4. The minimum Gasteiger partial charge on any atom is -0.444 e. The van der Waals surface area contributed by atoms with Gasteiger partial charge >= 0.3 is 6.09 Å². The van der Waals surface area contributed by atoms with Crippen molar-refractivity contribution in [2.75, 3.05) is 18.4 Å². The van der Waals surface area contributed by atoms with E-state index in [1.807, 2.05) is 51.1 Å². The van der Waals surface area contributed by atoms with Crippen molar-refractivity contribution in [3.8, 4) is 11.1 Å². The Morgan fingerprint density at radius 1 is 1.11 bits per heavy atom. The predicted octanol–water partition coefficient (Wildman–Crippen LogP) is 4.66. The molecule has 2 N–H and O–H groups in total. The van der Waals surface area contributed by atoms with Crippen molar-refractivity contribution in [2.24, 2.45) is 0 Å². The van der Waals surface area contributed by atoms with Crippen LogP contribution in [0, 0.1) is 0 Å². The Kier molecular flexibility index (Phi) is 6.25. The summed E-state index contributed by atoms with van der Waals surface area (Å²) >= 11 is 0. The number of para-hydroxylation sites is 1. The highest BCUT2D eigenvalue weighted by molar-refractivity contribution is 5.80. The van der Waals surface area contributed by atoms with Crippen LogP contribution in [0.15, 0.2) is 48.5 Å². The second kappa shape index (κ2) is 8.65. The fourth-order valence-corrected chi connectivity index (χ4v) is 3.50.